The molecule has 0 heterocycles. The SMILES string of the molecule is COc1cc(CCC(=O)O)cc(Cl)c1C. The smallest absolute Gasteiger partial charge is 0.303 e. The largest absolute Gasteiger partial charge is 0.496 e. The average molecular weight is 229 g/mol. The normalized spacial score (nSPS) is 10.1. The Bertz CT molecular complexity index is 374. The van der Waals surface area contributed by atoms with E-state index in [1.165, 1.54) is 0 Å². The first-order chi connectivity index (χ1) is 7.04. The lowest BCUT2D eigenvalue weighted by Gasteiger charge is -2.09. The van der Waals surface area contributed by atoms with E-state index in [4.69, 9.17) is 21.4 Å². The number of hydrogen-bond donors (Lipinski definition) is 1. The molecule has 0 unspecified atom stereocenters. The van der Waals surface area contributed by atoms with Gasteiger partial charge in [0.05, 0.1) is 7.11 Å². The number of carboxylic acids is 1. The third-order valence-corrected chi connectivity index (χ3v) is 2.60. The maximum atomic E-state index is 10.4. The molecule has 1 N–H and O–H groups in total. The Kier molecular flexibility index (Phi) is 3.97. The van der Waals surface area contributed by atoms with E-state index in [1.54, 1.807) is 13.2 Å². The predicted octanol–water partition coefficient (Wildman–Crippen LogP) is 2.67. The van der Waals surface area contributed by atoms with E-state index in [0.29, 0.717) is 17.2 Å². The molecule has 0 aliphatic carbocycles. The molecule has 0 bridgehead atoms. The lowest BCUT2D eigenvalue weighted by molar-refractivity contribution is -0.136. The molecule has 0 fully saturated rings. The van der Waals surface area contributed by atoms with Gasteiger partial charge in [-0.2, -0.15) is 0 Å². The summed E-state index contributed by atoms with van der Waals surface area (Å²) < 4.78 is 5.14. The topological polar surface area (TPSA) is 46.5 Å². The highest BCUT2D eigenvalue weighted by atomic mass is 35.5. The zero-order valence-electron chi connectivity index (χ0n) is 8.71. The minimum atomic E-state index is -0.814. The van der Waals surface area contributed by atoms with Gasteiger partial charge in [0.25, 0.3) is 0 Å². The van der Waals surface area contributed by atoms with Crippen LogP contribution >= 0.6 is 11.6 Å². The van der Waals surface area contributed by atoms with Crippen molar-refractivity contribution in [3.05, 3.63) is 28.3 Å². The number of halogens is 1. The van der Waals surface area contributed by atoms with Crippen LogP contribution in [0.25, 0.3) is 0 Å². The van der Waals surface area contributed by atoms with Crippen LogP contribution < -0.4 is 4.74 Å². The summed E-state index contributed by atoms with van der Waals surface area (Å²) in [5.41, 5.74) is 1.75. The van der Waals surface area contributed by atoms with Crippen LogP contribution in [0.2, 0.25) is 5.02 Å². The van der Waals surface area contributed by atoms with Crippen molar-refractivity contribution in [2.75, 3.05) is 7.11 Å². The van der Waals surface area contributed by atoms with Crippen molar-refractivity contribution in [3.63, 3.8) is 0 Å². The molecule has 0 aliphatic rings. The molecule has 82 valence electrons. The van der Waals surface area contributed by atoms with Gasteiger partial charge in [0.2, 0.25) is 0 Å². The van der Waals surface area contributed by atoms with Crippen molar-refractivity contribution < 1.29 is 14.6 Å². The molecular formula is C11H13ClO3. The molecule has 0 atom stereocenters. The number of carboxylic acid groups (broad SMARTS) is 1. The molecule has 1 aromatic rings. The van der Waals surface area contributed by atoms with E-state index in [1.807, 2.05) is 13.0 Å². The number of aliphatic carboxylic acids is 1. The Labute approximate surface area is 93.6 Å². The van der Waals surface area contributed by atoms with Gasteiger partial charge in [0, 0.05) is 17.0 Å². The molecule has 0 spiro atoms. The summed E-state index contributed by atoms with van der Waals surface area (Å²) in [7, 11) is 1.57. The van der Waals surface area contributed by atoms with Crippen molar-refractivity contribution >= 4 is 17.6 Å². The van der Waals surface area contributed by atoms with Crippen LogP contribution in [0.4, 0.5) is 0 Å². The van der Waals surface area contributed by atoms with Gasteiger partial charge in [0.1, 0.15) is 5.75 Å². The van der Waals surface area contributed by atoms with Crippen LogP contribution in [0, 0.1) is 6.92 Å². The molecule has 4 heteroatoms. The number of ether oxygens (including phenoxy) is 1. The number of aryl methyl sites for hydroxylation is 1. The summed E-state index contributed by atoms with van der Waals surface area (Å²) in [5, 5.41) is 9.17. The zero-order valence-corrected chi connectivity index (χ0v) is 9.47. The van der Waals surface area contributed by atoms with Crippen molar-refractivity contribution in [1.29, 1.82) is 0 Å². The first kappa shape index (κ1) is 11.9. The molecule has 1 aromatic carbocycles. The fourth-order valence-corrected chi connectivity index (χ4v) is 1.55. The molecule has 3 nitrogen and oxygen atoms in total. The lowest BCUT2D eigenvalue weighted by Crippen LogP contribution is -1.98. The van der Waals surface area contributed by atoms with E-state index in [0.717, 1.165) is 11.1 Å². The number of methoxy groups -OCH3 is 1. The molecule has 0 aliphatic heterocycles. The second kappa shape index (κ2) is 5.03. The number of carbonyl (C=O) groups is 1. The van der Waals surface area contributed by atoms with Gasteiger partial charge in [-0.25, -0.2) is 0 Å². The maximum Gasteiger partial charge on any atom is 0.303 e. The molecule has 0 amide bonds. The third kappa shape index (κ3) is 3.13. The Morgan fingerprint density at radius 1 is 1.53 bits per heavy atom. The van der Waals surface area contributed by atoms with E-state index >= 15 is 0 Å². The highest BCUT2D eigenvalue weighted by molar-refractivity contribution is 6.31. The summed E-state index contributed by atoms with van der Waals surface area (Å²) in [6.45, 7) is 1.86. The summed E-state index contributed by atoms with van der Waals surface area (Å²) in [6.07, 6.45) is 0.564. The highest BCUT2D eigenvalue weighted by Crippen LogP contribution is 2.27. The molecule has 0 saturated heterocycles. The number of benzene rings is 1. The minimum Gasteiger partial charge on any atom is -0.496 e. The van der Waals surface area contributed by atoms with Crippen LogP contribution in [0.3, 0.4) is 0 Å². The Hall–Kier alpha value is -1.22. The van der Waals surface area contributed by atoms with Gasteiger partial charge < -0.3 is 9.84 Å². The highest BCUT2D eigenvalue weighted by Gasteiger charge is 2.07. The predicted molar refractivity (Wildman–Crippen MR) is 58.7 cm³/mol. The second-order valence-electron chi connectivity index (χ2n) is 3.30. The summed E-state index contributed by atoms with van der Waals surface area (Å²) in [6, 6.07) is 3.60. The van der Waals surface area contributed by atoms with Gasteiger partial charge in [-0.05, 0) is 31.0 Å². The van der Waals surface area contributed by atoms with Crippen LogP contribution in [0.1, 0.15) is 17.5 Å². The van der Waals surface area contributed by atoms with Crippen LogP contribution in [-0.2, 0) is 11.2 Å². The van der Waals surface area contributed by atoms with Crippen molar-refractivity contribution in [2.45, 2.75) is 19.8 Å². The minimum absolute atomic E-state index is 0.0997. The van der Waals surface area contributed by atoms with Crippen LogP contribution in [0.15, 0.2) is 12.1 Å². The summed E-state index contributed by atoms with van der Waals surface area (Å²) >= 11 is 5.99. The monoisotopic (exact) mass is 228 g/mol. The molecule has 0 aromatic heterocycles. The van der Waals surface area contributed by atoms with E-state index < -0.39 is 5.97 Å². The molecule has 15 heavy (non-hydrogen) atoms. The van der Waals surface area contributed by atoms with Crippen LogP contribution in [0.5, 0.6) is 5.75 Å². The fourth-order valence-electron chi connectivity index (χ4n) is 1.31. The summed E-state index contributed by atoms with van der Waals surface area (Å²) in [5.74, 6) is -0.117. The van der Waals surface area contributed by atoms with Gasteiger partial charge in [-0.15, -0.1) is 0 Å². The van der Waals surface area contributed by atoms with Crippen molar-refractivity contribution in [3.8, 4) is 5.75 Å². The first-order valence-electron chi connectivity index (χ1n) is 4.59. The molecule has 1 rings (SSSR count). The Morgan fingerprint density at radius 3 is 2.73 bits per heavy atom. The number of hydrogen-bond acceptors (Lipinski definition) is 2. The van der Waals surface area contributed by atoms with Crippen LogP contribution in [-0.4, -0.2) is 18.2 Å². The molecule has 0 radical (unpaired) electrons. The summed E-state index contributed by atoms with van der Waals surface area (Å²) in [4.78, 5) is 10.4. The number of rotatable bonds is 4. The average Bonchev–Trinajstić information content (AvgIpc) is 2.19. The quantitative estimate of drug-likeness (QED) is 0.862. The van der Waals surface area contributed by atoms with Gasteiger partial charge in [-0.3, -0.25) is 4.79 Å². The fraction of sp³-hybridized carbons (Fsp3) is 0.364. The van der Waals surface area contributed by atoms with Crippen molar-refractivity contribution in [2.24, 2.45) is 0 Å². The Morgan fingerprint density at radius 2 is 2.20 bits per heavy atom. The van der Waals surface area contributed by atoms with Gasteiger partial charge in [-0.1, -0.05) is 11.6 Å². The van der Waals surface area contributed by atoms with Gasteiger partial charge >= 0.3 is 5.97 Å². The second-order valence-corrected chi connectivity index (χ2v) is 3.71. The lowest BCUT2D eigenvalue weighted by atomic mass is 10.1. The van der Waals surface area contributed by atoms with Crippen molar-refractivity contribution in [1.82, 2.24) is 0 Å². The van der Waals surface area contributed by atoms with E-state index in [2.05, 4.69) is 0 Å². The van der Waals surface area contributed by atoms with E-state index in [9.17, 15) is 4.79 Å². The standard InChI is InChI=1S/C11H13ClO3/c1-7-9(12)5-8(3-4-11(13)14)6-10(7)15-2/h5-6H,3-4H2,1-2H3,(H,13,14). The maximum absolute atomic E-state index is 10.4. The molecular weight excluding hydrogens is 216 g/mol. The molecule has 0 saturated carbocycles. The first-order valence-corrected chi connectivity index (χ1v) is 4.97. The Balaban J connectivity index is 2.90. The third-order valence-electron chi connectivity index (χ3n) is 2.20. The zero-order chi connectivity index (χ0) is 11.4. The van der Waals surface area contributed by atoms with Gasteiger partial charge in [0.15, 0.2) is 0 Å². The van der Waals surface area contributed by atoms with E-state index in [-0.39, 0.29) is 6.42 Å².